The van der Waals surface area contributed by atoms with Crippen molar-refractivity contribution in [3.05, 3.63) is 28.2 Å². The third-order valence-electron chi connectivity index (χ3n) is 3.49. The van der Waals surface area contributed by atoms with Crippen molar-refractivity contribution in [2.24, 2.45) is 0 Å². The fourth-order valence-electron chi connectivity index (χ4n) is 2.50. The molecule has 8 heteroatoms. The third kappa shape index (κ3) is 4.23. The van der Waals surface area contributed by atoms with Gasteiger partial charge in [-0.2, -0.15) is 12.7 Å². The molecule has 21 heavy (non-hydrogen) atoms. The summed E-state index contributed by atoms with van der Waals surface area (Å²) >= 11 is 11.9. The van der Waals surface area contributed by atoms with E-state index in [-0.39, 0.29) is 6.04 Å². The number of hydrogen-bond donors (Lipinski definition) is 2. The van der Waals surface area contributed by atoms with Gasteiger partial charge in [-0.25, -0.2) is 0 Å². The number of nitrogens with zero attached hydrogens (tertiary/aromatic N) is 1. The predicted molar refractivity (Wildman–Crippen MR) is 87.3 cm³/mol. The summed E-state index contributed by atoms with van der Waals surface area (Å²) in [4.78, 5) is 0. The number of piperidine rings is 1. The van der Waals surface area contributed by atoms with E-state index >= 15 is 0 Å². The van der Waals surface area contributed by atoms with Crippen LogP contribution in [0.15, 0.2) is 18.2 Å². The summed E-state index contributed by atoms with van der Waals surface area (Å²) in [5.41, 5.74) is 0.304. The fraction of sp³-hybridized carbons (Fsp3) is 0.538. The van der Waals surface area contributed by atoms with Gasteiger partial charge in [-0.3, -0.25) is 4.72 Å². The maximum Gasteiger partial charge on any atom is 0.301 e. The molecule has 5 nitrogen and oxygen atoms in total. The molecule has 2 rings (SSSR count). The Labute approximate surface area is 135 Å². The Balaban J connectivity index is 2.22. The molecule has 1 aliphatic rings. The molecule has 1 fully saturated rings. The molecule has 1 aliphatic heterocycles. The zero-order valence-corrected chi connectivity index (χ0v) is 14.1. The Morgan fingerprint density at radius 1 is 1.33 bits per heavy atom. The zero-order chi connectivity index (χ0) is 15.5. The zero-order valence-electron chi connectivity index (χ0n) is 11.8. The minimum atomic E-state index is -3.65. The van der Waals surface area contributed by atoms with E-state index in [1.54, 1.807) is 12.1 Å². The van der Waals surface area contributed by atoms with Crippen LogP contribution in [-0.4, -0.2) is 38.9 Å². The van der Waals surface area contributed by atoms with Crippen LogP contribution in [0.2, 0.25) is 10.0 Å². The van der Waals surface area contributed by atoms with Crippen molar-refractivity contribution < 1.29 is 8.42 Å². The summed E-state index contributed by atoms with van der Waals surface area (Å²) in [6, 6.07) is 4.66. The summed E-state index contributed by atoms with van der Waals surface area (Å²) in [5.74, 6) is 0. The maximum absolute atomic E-state index is 12.6. The van der Waals surface area contributed by atoms with Crippen molar-refractivity contribution in [2.45, 2.75) is 25.3 Å². The highest BCUT2D eigenvalue weighted by Gasteiger charge is 2.32. The normalized spacial score (nSPS) is 20.4. The van der Waals surface area contributed by atoms with Gasteiger partial charge in [0.2, 0.25) is 0 Å². The minimum Gasteiger partial charge on any atom is -0.318 e. The molecular formula is C13H19Cl2N3O2S. The Morgan fingerprint density at radius 3 is 2.81 bits per heavy atom. The van der Waals surface area contributed by atoms with Crippen LogP contribution >= 0.6 is 23.2 Å². The third-order valence-corrected chi connectivity index (χ3v) is 5.63. The van der Waals surface area contributed by atoms with Gasteiger partial charge in [-0.05, 0) is 38.1 Å². The first-order valence-electron chi connectivity index (χ1n) is 6.83. The molecule has 1 aromatic carbocycles. The largest absolute Gasteiger partial charge is 0.318 e. The van der Waals surface area contributed by atoms with Gasteiger partial charge in [-0.15, -0.1) is 0 Å². The van der Waals surface area contributed by atoms with Crippen LogP contribution in [-0.2, 0) is 10.2 Å². The maximum atomic E-state index is 12.6. The second-order valence-corrected chi connectivity index (χ2v) is 7.52. The summed E-state index contributed by atoms with van der Waals surface area (Å²) in [7, 11) is -1.83. The molecule has 1 unspecified atom stereocenters. The molecule has 118 valence electrons. The van der Waals surface area contributed by atoms with Crippen LogP contribution < -0.4 is 10.0 Å². The Kier molecular flexibility index (Phi) is 5.73. The van der Waals surface area contributed by atoms with Gasteiger partial charge >= 0.3 is 10.2 Å². The average molecular weight is 352 g/mol. The quantitative estimate of drug-likeness (QED) is 0.857. The summed E-state index contributed by atoms with van der Waals surface area (Å²) in [5, 5.41) is 3.80. The van der Waals surface area contributed by atoms with E-state index in [1.165, 1.54) is 10.4 Å². The van der Waals surface area contributed by atoms with E-state index in [1.807, 2.05) is 7.05 Å². The van der Waals surface area contributed by atoms with Crippen molar-refractivity contribution in [3.8, 4) is 0 Å². The van der Waals surface area contributed by atoms with E-state index in [4.69, 9.17) is 23.2 Å². The minimum absolute atomic E-state index is 0.0424. The van der Waals surface area contributed by atoms with E-state index in [9.17, 15) is 8.42 Å². The molecule has 0 bridgehead atoms. The number of halogens is 2. The molecule has 0 amide bonds. The lowest BCUT2D eigenvalue weighted by Crippen LogP contribution is -2.49. The first-order valence-corrected chi connectivity index (χ1v) is 9.03. The van der Waals surface area contributed by atoms with Crippen molar-refractivity contribution in [1.82, 2.24) is 9.62 Å². The number of hydrogen-bond acceptors (Lipinski definition) is 3. The topological polar surface area (TPSA) is 61.4 Å². The molecule has 0 aliphatic carbocycles. The fourth-order valence-corrected chi connectivity index (χ4v) is 4.40. The van der Waals surface area contributed by atoms with Crippen molar-refractivity contribution in [2.75, 3.05) is 24.9 Å². The molecular weight excluding hydrogens is 333 g/mol. The second kappa shape index (κ2) is 7.15. The second-order valence-electron chi connectivity index (χ2n) is 5.05. The molecule has 0 saturated carbocycles. The standard InChI is InChI=1S/C13H19Cl2N3O2S/c1-16-9-11-4-2-3-7-18(11)21(19,20)17-13-8-10(14)5-6-12(13)15/h5-6,8,11,16-17H,2-4,7,9H2,1H3. The summed E-state index contributed by atoms with van der Waals surface area (Å²) in [6.07, 6.45) is 2.76. The van der Waals surface area contributed by atoms with E-state index < -0.39 is 10.2 Å². The number of rotatable bonds is 5. The van der Waals surface area contributed by atoms with Crippen LogP contribution in [0, 0.1) is 0 Å². The Bertz CT molecular complexity index is 593. The highest BCUT2D eigenvalue weighted by molar-refractivity contribution is 7.90. The molecule has 0 radical (unpaired) electrons. The highest BCUT2D eigenvalue weighted by atomic mass is 35.5. The van der Waals surface area contributed by atoms with Crippen LogP contribution in [0.3, 0.4) is 0 Å². The van der Waals surface area contributed by atoms with E-state index in [2.05, 4.69) is 10.0 Å². The number of likely N-dealkylation sites (N-methyl/N-ethyl adjacent to an activating group) is 1. The van der Waals surface area contributed by atoms with E-state index in [0.29, 0.717) is 28.8 Å². The first-order chi connectivity index (χ1) is 9.94. The lowest BCUT2D eigenvalue weighted by molar-refractivity contribution is 0.250. The monoisotopic (exact) mass is 351 g/mol. The number of anilines is 1. The van der Waals surface area contributed by atoms with Crippen LogP contribution in [0.4, 0.5) is 5.69 Å². The molecule has 1 saturated heterocycles. The molecule has 0 aromatic heterocycles. The van der Waals surface area contributed by atoms with Gasteiger partial charge < -0.3 is 5.32 Å². The summed E-state index contributed by atoms with van der Waals surface area (Å²) in [6.45, 7) is 1.14. The van der Waals surface area contributed by atoms with Gasteiger partial charge in [0, 0.05) is 24.2 Å². The Hall–Kier alpha value is -0.530. The van der Waals surface area contributed by atoms with Gasteiger partial charge in [-0.1, -0.05) is 29.6 Å². The number of nitrogens with one attached hydrogen (secondary N) is 2. The van der Waals surface area contributed by atoms with Gasteiger partial charge in [0.05, 0.1) is 10.7 Å². The molecule has 1 aromatic rings. The van der Waals surface area contributed by atoms with Crippen LogP contribution in [0.5, 0.6) is 0 Å². The molecule has 1 heterocycles. The smallest absolute Gasteiger partial charge is 0.301 e. The van der Waals surface area contributed by atoms with Crippen molar-refractivity contribution in [1.29, 1.82) is 0 Å². The van der Waals surface area contributed by atoms with Gasteiger partial charge in [0.1, 0.15) is 0 Å². The molecule has 0 spiro atoms. The van der Waals surface area contributed by atoms with Crippen LogP contribution in [0.25, 0.3) is 0 Å². The summed E-state index contributed by atoms with van der Waals surface area (Å²) < 4.78 is 29.2. The Morgan fingerprint density at radius 2 is 2.10 bits per heavy atom. The van der Waals surface area contributed by atoms with Gasteiger partial charge in [0.25, 0.3) is 0 Å². The predicted octanol–water partition coefficient (Wildman–Crippen LogP) is 2.72. The molecule has 2 N–H and O–H groups in total. The van der Waals surface area contributed by atoms with Gasteiger partial charge in [0.15, 0.2) is 0 Å². The average Bonchev–Trinajstić information content (AvgIpc) is 2.43. The lowest BCUT2D eigenvalue weighted by Gasteiger charge is -2.34. The molecule has 1 atom stereocenters. The SMILES string of the molecule is CNCC1CCCCN1S(=O)(=O)Nc1cc(Cl)ccc1Cl. The lowest BCUT2D eigenvalue weighted by atomic mass is 10.1. The number of benzene rings is 1. The highest BCUT2D eigenvalue weighted by Crippen LogP contribution is 2.28. The van der Waals surface area contributed by atoms with E-state index in [0.717, 1.165) is 19.3 Å². The van der Waals surface area contributed by atoms with Crippen molar-refractivity contribution >= 4 is 39.1 Å². The first kappa shape index (κ1) is 16.8. The van der Waals surface area contributed by atoms with Crippen LogP contribution in [0.1, 0.15) is 19.3 Å². The van der Waals surface area contributed by atoms with Crippen molar-refractivity contribution in [3.63, 3.8) is 0 Å².